The van der Waals surface area contributed by atoms with E-state index in [1.165, 1.54) is 12.1 Å². The predicted molar refractivity (Wildman–Crippen MR) is 85.8 cm³/mol. The van der Waals surface area contributed by atoms with Crippen molar-refractivity contribution in [3.63, 3.8) is 0 Å². The van der Waals surface area contributed by atoms with Gasteiger partial charge in [0.15, 0.2) is 5.11 Å². The molecule has 0 aliphatic carbocycles. The van der Waals surface area contributed by atoms with Crippen LogP contribution < -0.4 is 10.6 Å². The fourth-order valence-electron chi connectivity index (χ4n) is 1.76. The van der Waals surface area contributed by atoms with Crippen LogP contribution in [0.15, 0.2) is 42.5 Å². The lowest BCUT2D eigenvalue weighted by Gasteiger charge is -2.13. The lowest BCUT2D eigenvalue weighted by molar-refractivity contribution is -0.384. The average molecular weight is 303 g/mol. The van der Waals surface area contributed by atoms with Crippen molar-refractivity contribution < 1.29 is 10.0 Å². The number of nitro groups is 1. The third-order valence-corrected chi connectivity index (χ3v) is 3.03. The Bertz CT molecular complexity index is 666. The molecule has 0 atom stereocenters. The Morgan fingerprint density at radius 3 is 2.43 bits per heavy atom. The quantitative estimate of drug-likeness (QED) is 0.348. The second-order valence-corrected chi connectivity index (χ2v) is 4.76. The summed E-state index contributed by atoms with van der Waals surface area (Å²) in [5.74, 6) is 0.0999. The number of anilines is 2. The van der Waals surface area contributed by atoms with Gasteiger partial charge in [0.05, 0.1) is 10.6 Å². The van der Waals surface area contributed by atoms with Crippen molar-refractivity contribution in [1.29, 1.82) is 0 Å². The topological polar surface area (TPSA) is 87.4 Å². The zero-order valence-corrected chi connectivity index (χ0v) is 12.0. The van der Waals surface area contributed by atoms with E-state index in [1.54, 1.807) is 24.3 Å². The Balaban J connectivity index is 2.06. The van der Waals surface area contributed by atoms with Crippen molar-refractivity contribution in [1.82, 2.24) is 0 Å². The first kappa shape index (κ1) is 14.7. The molecule has 3 N–H and O–H groups in total. The minimum Gasteiger partial charge on any atom is -0.506 e. The van der Waals surface area contributed by atoms with Crippen LogP contribution in [-0.4, -0.2) is 15.1 Å². The van der Waals surface area contributed by atoms with Crippen LogP contribution in [0.4, 0.5) is 17.1 Å². The monoisotopic (exact) mass is 303 g/mol. The molecule has 0 saturated carbocycles. The molecule has 0 saturated heterocycles. The lowest BCUT2D eigenvalue weighted by atomic mass is 10.2. The molecular weight excluding hydrogens is 290 g/mol. The highest BCUT2D eigenvalue weighted by Gasteiger charge is 2.08. The van der Waals surface area contributed by atoms with E-state index in [0.29, 0.717) is 11.4 Å². The third-order valence-electron chi connectivity index (χ3n) is 2.83. The molecule has 6 nitrogen and oxygen atoms in total. The van der Waals surface area contributed by atoms with Crippen LogP contribution in [-0.2, 0) is 0 Å². The zero-order valence-electron chi connectivity index (χ0n) is 11.2. The number of nitrogens with zero attached hydrogens (tertiary/aromatic N) is 1. The molecule has 0 spiro atoms. The van der Waals surface area contributed by atoms with Crippen LogP contribution in [0.2, 0.25) is 0 Å². The Morgan fingerprint density at radius 1 is 1.19 bits per heavy atom. The van der Waals surface area contributed by atoms with Crippen LogP contribution >= 0.6 is 12.2 Å². The predicted octanol–water partition coefficient (Wildman–Crippen LogP) is 3.42. The summed E-state index contributed by atoms with van der Waals surface area (Å²) < 4.78 is 0. The number of phenolic OH excluding ortho intramolecular Hbond substituents is 1. The van der Waals surface area contributed by atoms with Gasteiger partial charge in [-0.05, 0) is 42.9 Å². The fraction of sp³-hybridized carbons (Fsp3) is 0.0714. The Kier molecular flexibility index (Phi) is 4.34. The highest BCUT2D eigenvalue weighted by Crippen LogP contribution is 2.26. The molecule has 21 heavy (non-hydrogen) atoms. The van der Waals surface area contributed by atoms with Crippen molar-refractivity contribution >= 4 is 34.4 Å². The molecule has 2 aromatic carbocycles. The van der Waals surface area contributed by atoms with Gasteiger partial charge in [0, 0.05) is 17.8 Å². The van der Waals surface area contributed by atoms with E-state index >= 15 is 0 Å². The molecular formula is C14H13N3O3S. The number of nitrogens with one attached hydrogen (secondary N) is 2. The van der Waals surface area contributed by atoms with Gasteiger partial charge in [0.1, 0.15) is 5.75 Å². The molecule has 0 aliphatic heterocycles. The van der Waals surface area contributed by atoms with E-state index < -0.39 is 4.92 Å². The van der Waals surface area contributed by atoms with Gasteiger partial charge in [-0.3, -0.25) is 10.1 Å². The minimum absolute atomic E-state index is 0.0102. The summed E-state index contributed by atoms with van der Waals surface area (Å²) >= 11 is 5.15. The minimum atomic E-state index is -0.467. The zero-order chi connectivity index (χ0) is 15.4. The number of benzene rings is 2. The SMILES string of the molecule is Cc1cccc(O)c1NC(=S)Nc1ccc([N+](=O)[O-])cc1. The first-order valence-corrected chi connectivity index (χ1v) is 6.49. The summed E-state index contributed by atoms with van der Waals surface area (Å²) in [7, 11) is 0. The fourth-order valence-corrected chi connectivity index (χ4v) is 1.98. The number of non-ortho nitro benzene ring substituents is 1. The summed E-state index contributed by atoms with van der Waals surface area (Å²) in [6.45, 7) is 1.84. The first-order valence-electron chi connectivity index (χ1n) is 6.08. The number of aromatic hydroxyl groups is 1. The van der Waals surface area contributed by atoms with Gasteiger partial charge in [-0.1, -0.05) is 12.1 Å². The van der Waals surface area contributed by atoms with Gasteiger partial charge >= 0.3 is 0 Å². The van der Waals surface area contributed by atoms with Crippen LogP contribution in [0, 0.1) is 17.0 Å². The van der Waals surface area contributed by atoms with E-state index in [2.05, 4.69) is 10.6 Å². The normalized spacial score (nSPS) is 9.95. The number of aryl methyl sites for hydroxylation is 1. The summed E-state index contributed by atoms with van der Waals surface area (Å²) in [6, 6.07) is 11.0. The summed E-state index contributed by atoms with van der Waals surface area (Å²) in [4.78, 5) is 10.1. The standard InChI is InChI=1S/C14H13N3O3S/c1-9-3-2-4-12(18)13(9)16-14(21)15-10-5-7-11(8-6-10)17(19)20/h2-8,18H,1H3,(H2,15,16,21). The van der Waals surface area contributed by atoms with Crippen LogP contribution in [0.5, 0.6) is 5.75 Å². The summed E-state index contributed by atoms with van der Waals surface area (Å²) in [5, 5.41) is 26.4. The molecule has 0 heterocycles. The Labute approximate surface area is 126 Å². The maximum Gasteiger partial charge on any atom is 0.269 e. The second kappa shape index (κ2) is 6.19. The number of thiocarbonyl (C=S) groups is 1. The highest BCUT2D eigenvalue weighted by atomic mass is 32.1. The smallest absolute Gasteiger partial charge is 0.269 e. The molecule has 0 aliphatic rings. The number of phenols is 1. The molecule has 0 bridgehead atoms. The molecule has 0 radical (unpaired) electrons. The van der Waals surface area contributed by atoms with Gasteiger partial charge in [-0.25, -0.2) is 0 Å². The number of para-hydroxylation sites is 1. The second-order valence-electron chi connectivity index (χ2n) is 4.35. The molecule has 2 aromatic rings. The third kappa shape index (κ3) is 3.67. The van der Waals surface area contributed by atoms with Crippen molar-refractivity contribution in [3.8, 4) is 5.75 Å². The molecule has 7 heteroatoms. The van der Waals surface area contributed by atoms with Crippen molar-refractivity contribution in [2.75, 3.05) is 10.6 Å². The largest absolute Gasteiger partial charge is 0.506 e. The Hall–Kier alpha value is -2.67. The number of nitro benzene ring substituents is 1. The molecule has 0 unspecified atom stereocenters. The van der Waals surface area contributed by atoms with Crippen molar-refractivity contribution in [2.45, 2.75) is 6.92 Å². The van der Waals surface area contributed by atoms with Crippen LogP contribution in [0.25, 0.3) is 0 Å². The number of hydrogen-bond donors (Lipinski definition) is 3. The maximum atomic E-state index is 10.6. The molecule has 0 fully saturated rings. The average Bonchev–Trinajstić information content (AvgIpc) is 2.43. The van der Waals surface area contributed by atoms with Gasteiger partial charge in [0.2, 0.25) is 0 Å². The lowest BCUT2D eigenvalue weighted by Crippen LogP contribution is -2.19. The van der Waals surface area contributed by atoms with E-state index in [9.17, 15) is 15.2 Å². The van der Waals surface area contributed by atoms with Crippen molar-refractivity contribution in [2.24, 2.45) is 0 Å². The van der Waals surface area contributed by atoms with Crippen LogP contribution in [0.1, 0.15) is 5.56 Å². The number of rotatable bonds is 3. The molecule has 0 aromatic heterocycles. The van der Waals surface area contributed by atoms with E-state index in [1.807, 2.05) is 13.0 Å². The Morgan fingerprint density at radius 2 is 1.86 bits per heavy atom. The highest BCUT2D eigenvalue weighted by molar-refractivity contribution is 7.80. The molecule has 0 amide bonds. The summed E-state index contributed by atoms with van der Waals surface area (Å²) in [6.07, 6.45) is 0. The molecule has 2 rings (SSSR count). The van der Waals surface area contributed by atoms with Gasteiger partial charge < -0.3 is 15.7 Å². The maximum absolute atomic E-state index is 10.6. The number of hydrogen-bond acceptors (Lipinski definition) is 4. The van der Waals surface area contributed by atoms with E-state index in [-0.39, 0.29) is 16.5 Å². The van der Waals surface area contributed by atoms with Crippen LogP contribution in [0.3, 0.4) is 0 Å². The van der Waals surface area contributed by atoms with Crippen molar-refractivity contribution in [3.05, 3.63) is 58.1 Å². The van der Waals surface area contributed by atoms with Gasteiger partial charge in [-0.15, -0.1) is 0 Å². The van der Waals surface area contributed by atoms with E-state index in [0.717, 1.165) is 5.56 Å². The summed E-state index contributed by atoms with van der Waals surface area (Å²) in [5.41, 5.74) is 2.00. The first-order chi connectivity index (χ1) is 9.97. The van der Waals surface area contributed by atoms with E-state index in [4.69, 9.17) is 12.2 Å². The van der Waals surface area contributed by atoms with Gasteiger partial charge in [0.25, 0.3) is 5.69 Å². The molecule has 108 valence electrons. The van der Waals surface area contributed by atoms with Gasteiger partial charge in [-0.2, -0.15) is 0 Å².